The van der Waals surface area contributed by atoms with Gasteiger partial charge in [0.05, 0.1) is 12.6 Å². The third-order valence-electron chi connectivity index (χ3n) is 6.61. The lowest BCUT2D eigenvalue weighted by Crippen LogP contribution is -2.31. The predicted molar refractivity (Wildman–Crippen MR) is 141 cm³/mol. The first-order chi connectivity index (χ1) is 17.5. The van der Waals surface area contributed by atoms with Gasteiger partial charge in [-0.1, -0.05) is 49.9 Å². The number of H-pyrrole nitrogens is 1. The van der Waals surface area contributed by atoms with E-state index in [0.29, 0.717) is 48.2 Å². The van der Waals surface area contributed by atoms with Crippen LogP contribution in [0.2, 0.25) is 5.02 Å². The Labute approximate surface area is 217 Å². The van der Waals surface area contributed by atoms with Crippen molar-refractivity contribution in [3.8, 4) is 22.8 Å². The Morgan fingerprint density at radius 2 is 1.89 bits per heavy atom. The highest BCUT2D eigenvalue weighted by Crippen LogP contribution is 2.45. The molecule has 0 saturated heterocycles. The number of ether oxygens (including phenoxy) is 2. The molecule has 4 rings (SSSR count). The van der Waals surface area contributed by atoms with Crippen molar-refractivity contribution < 1.29 is 19.4 Å². The summed E-state index contributed by atoms with van der Waals surface area (Å²) in [5, 5.41) is 18.6. The summed E-state index contributed by atoms with van der Waals surface area (Å²) in [6, 6.07) is 10.8. The smallest absolute Gasteiger partial charge is 0.273 e. The molecule has 1 unspecified atom stereocenters. The molecular weight excluding hydrogens is 478 g/mol. The second-order valence-electron chi connectivity index (χ2n) is 9.21. The van der Waals surface area contributed by atoms with Crippen molar-refractivity contribution in [2.75, 3.05) is 26.9 Å². The van der Waals surface area contributed by atoms with Crippen LogP contribution in [-0.4, -0.2) is 53.0 Å². The molecule has 192 valence electrons. The van der Waals surface area contributed by atoms with Gasteiger partial charge in [0.15, 0.2) is 0 Å². The van der Waals surface area contributed by atoms with Gasteiger partial charge in [-0.05, 0) is 55.2 Å². The molecule has 0 spiro atoms. The zero-order chi connectivity index (χ0) is 25.7. The molecule has 1 atom stereocenters. The molecule has 0 saturated carbocycles. The van der Waals surface area contributed by atoms with Crippen LogP contribution in [0, 0.1) is 6.92 Å². The Balaban J connectivity index is 1.67. The maximum absolute atomic E-state index is 13.4. The average Bonchev–Trinajstić information content (AvgIpc) is 3.41. The molecule has 36 heavy (non-hydrogen) atoms. The Morgan fingerprint density at radius 3 is 2.61 bits per heavy atom. The Morgan fingerprint density at radius 1 is 1.11 bits per heavy atom. The number of hydrogen-bond acceptors (Lipinski definition) is 5. The van der Waals surface area contributed by atoms with Gasteiger partial charge in [0, 0.05) is 36.4 Å². The maximum atomic E-state index is 13.4. The summed E-state index contributed by atoms with van der Waals surface area (Å²) in [6.07, 6.45) is 5.31. The molecule has 1 aliphatic heterocycles. The predicted octanol–water partition coefficient (Wildman–Crippen LogP) is 6.28. The van der Waals surface area contributed by atoms with Crippen molar-refractivity contribution in [3.05, 3.63) is 63.8 Å². The number of rotatable bonds is 12. The van der Waals surface area contributed by atoms with Gasteiger partial charge < -0.3 is 19.5 Å². The van der Waals surface area contributed by atoms with Crippen LogP contribution < -0.4 is 4.74 Å². The number of aromatic amines is 1. The summed E-state index contributed by atoms with van der Waals surface area (Å²) in [4.78, 5) is 15.3. The van der Waals surface area contributed by atoms with Crippen LogP contribution in [0.1, 0.15) is 72.2 Å². The van der Waals surface area contributed by atoms with Crippen molar-refractivity contribution in [2.45, 2.75) is 52.0 Å². The van der Waals surface area contributed by atoms with Gasteiger partial charge in [-0.3, -0.25) is 9.89 Å². The largest absolute Gasteiger partial charge is 0.507 e. The molecule has 0 aliphatic carbocycles. The number of carbonyl (C=O) groups is 1. The van der Waals surface area contributed by atoms with E-state index in [9.17, 15) is 9.90 Å². The number of hydrogen-bond donors (Lipinski definition) is 2. The number of phenolic OH excluding ortho intramolecular Hbond substituents is 1. The molecule has 2 N–H and O–H groups in total. The van der Waals surface area contributed by atoms with E-state index in [-0.39, 0.29) is 17.7 Å². The van der Waals surface area contributed by atoms with Gasteiger partial charge in [0.2, 0.25) is 0 Å². The van der Waals surface area contributed by atoms with Crippen LogP contribution in [0.25, 0.3) is 11.3 Å². The molecule has 1 aromatic heterocycles. The standard InChI is InChI=1S/C28H34ClN3O4/c1-4-5-6-7-15-36-20-11-9-19(10-12-20)27-24-25(21-17-22(29)18(2)16-23(21)33)30-31-26(24)28(34)32(27)13-8-14-35-3/h9-12,16-17,27,33H,4-8,13-15H2,1-3H3,(H,30,31). The molecular formula is C28H34ClN3O4. The number of benzene rings is 2. The number of aromatic hydroxyl groups is 1. The number of amides is 1. The monoisotopic (exact) mass is 511 g/mol. The molecule has 1 aliphatic rings. The third kappa shape index (κ3) is 5.37. The number of fused-ring (bicyclic) bond motifs is 1. The van der Waals surface area contributed by atoms with Crippen LogP contribution in [0.3, 0.4) is 0 Å². The summed E-state index contributed by atoms with van der Waals surface area (Å²) in [5.74, 6) is 0.752. The van der Waals surface area contributed by atoms with E-state index >= 15 is 0 Å². The molecule has 0 radical (unpaired) electrons. The highest BCUT2D eigenvalue weighted by atomic mass is 35.5. The number of aryl methyl sites for hydroxylation is 1. The molecule has 1 amide bonds. The number of methoxy groups -OCH3 is 1. The zero-order valence-electron chi connectivity index (χ0n) is 21.1. The van der Waals surface area contributed by atoms with Crippen molar-refractivity contribution in [2.24, 2.45) is 0 Å². The van der Waals surface area contributed by atoms with Gasteiger partial charge in [0.25, 0.3) is 5.91 Å². The summed E-state index contributed by atoms with van der Waals surface area (Å²) >= 11 is 6.38. The number of halogens is 1. The van der Waals surface area contributed by atoms with Crippen LogP contribution >= 0.6 is 11.6 Å². The van der Waals surface area contributed by atoms with E-state index in [0.717, 1.165) is 35.3 Å². The molecule has 0 bridgehead atoms. The van der Waals surface area contributed by atoms with Gasteiger partial charge in [-0.25, -0.2) is 0 Å². The SMILES string of the molecule is CCCCCCOc1ccc(C2c3c(-c4cc(Cl)c(C)cc4O)n[nH]c3C(=O)N2CCCOC)cc1. The highest BCUT2D eigenvalue weighted by Gasteiger charge is 2.42. The molecule has 2 heterocycles. The van der Waals surface area contributed by atoms with E-state index < -0.39 is 0 Å². The van der Waals surface area contributed by atoms with E-state index in [1.165, 1.54) is 12.8 Å². The Hall–Kier alpha value is -3.03. The first kappa shape index (κ1) is 26.0. The zero-order valence-corrected chi connectivity index (χ0v) is 21.9. The lowest BCUT2D eigenvalue weighted by molar-refractivity contribution is 0.0723. The van der Waals surface area contributed by atoms with Crippen molar-refractivity contribution >= 4 is 17.5 Å². The van der Waals surface area contributed by atoms with Crippen LogP contribution in [-0.2, 0) is 4.74 Å². The topological polar surface area (TPSA) is 87.7 Å². The number of nitrogens with zero attached hydrogens (tertiary/aromatic N) is 2. The van der Waals surface area contributed by atoms with E-state index in [4.69, 9.17) is 21.1 Å². The first-order valence-electron chi connectivity index (χ1n) is 12.6. The van der Waals surface area contributed by atoms with Crippen LogP contribution in [0.5, 0.6) is 11.5 Å². The minimum atomic E-state index is -0.365. The number of nitrogens with one attached hydrogen (secondary N) is 1. The van der Waals surface area contributed by atoms with Crippen LogP contribution in [0.4, 0.5) is 0 Å². The fourth-order valence-corrected chi connectivity index (χ4v) is 4.84. The van der Waals surface area contributed by atoms with Gasteiger partial charge >= 0.3 is 0 Å². The number of phenols is 1. The minimum absolute atomic E-state index is 0.0713. The Bertz CT molecular complexity index is 1190. The second kappa shape index (κ2) is 11.8. The van der Waals surface area contributed by atoms with E-state index in [1.54, 1.807) is 19.2 Å². The van der Waals surface area contributed by atoms with E-state index in [1.807, 2.05) is 36.1 Å². The van der Waals surface area contributed by atoms with Crippen molar-refractivity contribution in [1.82, 2.24) is 15.1 Å². The second-order valence-corrected chi connectivity index (χ2v) is 9.61. The molecule has 2 aromatic carbocycles. The summed E-state index contributed by atoms with van der Waals surface area (Å²) in [5.41, 5.74) is 3.89. The summed E-state index contributed by atoms with van der Waals surface area (Å²) in [7, 11) is 1.65. The average molecular weight is 512 g/mol. The molecule has 7 nitrogen and oxygen atoms in total. The normalized spacial score (nSPS) is 14.9. The van der Waals surface area contributed by atoms with Gasteiger partial charge in [-0.2, -0.15) is 5.10 Å². The fraction of sp³-hybridized carbons (Fsp3) is 0.429. The lowest BCUT2D eigenvalue weighted by Gasteiger charge is -2.26. The number of carbonyl (C=O) groups excluding carboxylic acids is 1. The van der Waals surface area contributed by atoms with E-state index in [2.05, 4.69) is 17.1 Å². The van der Waals surface area contributed by atoms with Crippen molar-refractivity contribution in [3.63, 3.8) is 0 Å². The first-order valence-corrected chi connectivity index (χ1v) is 12.9. The lowest BCUT2D eigenvalue weighted by atomic mass is 9.95. The molecule has 3 aromatic rings. The Kier molecular flexibility index (Phi) is 8.54. The van der Waals surface area contributed by atoms with Crippen molar-refractivity contribution in [1.29, 1.82) is 0 Å². The minimum Gasteiger partial charge on any atom is -0.507 e. The van der Waals surface area contributed by atoms with Gasteiger partial charge in [-0.15, -0.1) is 0 Å². The number of unbranched alkanes of at least 4 members (excludes halogenated alkanes) is 3. The fourth-order valence-electron chi connectivity index (χ4n) is 4.68. The molecule has 8 heteroatoms. The van der Waals surface area contributed by atoms with Gasteiger partial charge in [0.1, 0.15) is 22.9 Å². The third-order valence-corrected chi connectivity index (χ3v) is 7.01. The maximum Gasteiger partial charge on any atom is 0.273 e. The number of aromatic nitrogens is 2. The quantitative estimate of drug-likeness (QED) is 0.279. The summed E-state index contributed by atoms with van der Waals surface area (Å²) < 4.78 is 11.1. The van der Waals surface area contributed by atoms with Crippen LogP contribution in [0.15, 0.2) is 36.4 Å². The summed E-state index contributed by atoms with van der Waals surface area (Å²) in [6.45, 7) is 5.79. The highest BCUT2D eigenvalue weighted by molar-refractivity contribution is 6.31. The molecule has 0 fully saturated rings.